The molecule has 0 radical (unpaired) electrons. The molecule has 0 aromatic rings. The molecule has 4 nitrogen and oxygen atoms in total. The van der Waals surface area contributed by atoms with Gasteiger partial charge in [0, 0.05) is 20.3 Å². The molecule has 0 aliphatic heterocycles. The highest BCUT2D eigenvalue weighted by Crippen LogP contribution is 2.00. The zero-order valence-electron chi connectivity index (χ0n) is 12.0. The van der Waals surface area contributed by atoms with Gasteiger partial charge in [-0.25, -0.2) is 0 Å². The maximum absolute atomic E-state index is 10.9. The van der Waals surface area contributed by atoms with E-state index in [1.807, 2.05) is 12.2 Å². The van der Waals surface area contributed by atoms with Crippen LogP contribution in [-0.2, 0) is 14.3 Å². The van der Waals surface area contributed by atoms with Crippen LogP contribution in [0, 0.1) is 0 Å². The Labute approximate surface area is 116 Å². The maximum atomic E-state index is 10.9. The molecular weight excluding hydrogens is 242 g/mol. The van der Waals surface area contributed by atoms with Crippen LogP contribution in [0.4, 0.5) is 0 Å². The Bertz CT molecular complexity index is 309. The molecule has 0 spiro atoms. The third-order valence-corrected chi connectivity index (χ3v) is 2.26. The van der Waals surface area contributed by atoms with E-state index in [9.17, 15) is 4.79 Å². The maximum Gasteiger partial charge on any atom is 0.245 e. The molecule has 0 aromatic carbocycles. The SMILES string of the molecule is C=C/C=C(\C=C/CC)COCCCOCC(=O)NC. The highest BCUT2D eigenvalue weighted by atomic mass is 16.5. The number of carbonyl (C=O) groups excluding carboxylic acids is 1. The molecule has 1 N–H and O–H groups in total. The molecule has 19 heavy (non-hydrogen) atoms. The van der Waals surface area contributed by atoms with Crippen molar-refractivity contribution in [3.05, 3.63) is 36.5 Å². The Kier molecular flexibility index (Phi) is 12.1. The van der Waals surface area contributed by atoms with Crippen LogP contribution in [0.15, 0.2) is 36.5 Å². The zero-order valence-corrected chi connectivity index (χ0v) is 12.0. The standard InChI is InChI=1S/C15H25NO3/c1-4-6-9-14(8-5-2)12-18-10-7-11-19-13-15(17)16-3/h5-6,8-9H,2,4,7,10-13H2,1,3H3,(H,16,17)/b9-6-,14-8+. The minimum absolute atomic E-state index is 0.108. The van der Waals surface area contributed by atoms with E-state index < -0.39 is 0 Å². The van der Waals surface area contributed by atoms with Crippen molar-refractivity contribution in [2.45, 2.75) is 19.8 Å². The van der Waals surface area contributed by atoms with Crippen LogP contribution < -0.4 is 5.32 Å². The molecule has 0 aliphatic carbocycles. The van der Waals surface area contributed by atoms with E-state index in [-0.39, 0.29) is 12.5 Å². The van der Waals surface area contributed by atoms with Crippen molar-refractivity contribution in [3.8, 4) is 0 Å². The lowest BCUT2D eigenvalue weighted by atomic mass is 10.2. The van der Waals surface area contributed by atoms with Crippen molar-refractivity contribution in [2.75, 3.05) is 33.5 Å². The number of allylic oxidation sites excluding steroid dienone is 3. The van der Waals surface area contributed by atoms with Crippen molar-refractivity contribution in [1.82, 2.24) is 5.32 Å². The van der Waals surface area contributed by atoms with Gasteiger partial charge in [0.05, 0.1) is 6.61 Å². The van der Waals surface area contributed by atoms with Crippen LogP contribution in [0.25, 0.3) is 0 Å². The third-order valence-electron chi connectivity index (χ3n) is 2.26. The summed E-state index contributed by atoms with van der Waals surface area (Å²) in [6.07, 6.45) is 9.60. The molecule has 0 aromatic heterocycles. The quantitative estimate of drug-likeness (QED) is 0.461. The van der Waals surface area contributed by atoms with Gasteiger partial charge in [-0.15, -0.1) is 0 Å². The highest BCUT2D eigenvalue weighted by Gasteiger charge is 1.97. The third kappa shape index (κ3) is 11.4. The van der Waals surface area contributed by atoms with Gasteiger partial charge in [0.15, 0.2) is 0 Å². The molecule has 0 bridgehead atoms. The molecule has 4 heteroatoms. The monoisotopic (exact) mass is 267 g/mol. The molecule has 0 saturated carbocycles. The molecular formula is C15H25NO3. The lowest BCUT2D eigenvalue weighted by Crippen LogP contribution is -2.23. The van der Waals surface area contributed by atoms with Gasteiger partial charge < -0.3 is 14.8 Å². The van der Waals surface area contributed by atoms with E-state index >= 15 is 0 Å². The molecule has 108 valence electrons. The number of rotatable bonds is 11. The van der Waals surface area contributed by atoms with Crippen LogP contribution in [0.5, 0.6) is 0 Å². The van der Waals surface area contributed by atoms with Crippen molar-refractivity contribution in [2.24, 2.45) is 0 Å². The van der Waals surface area contributed by atoms with Crippen LogP contribution in [-0.4, -0.2) is 39.4 Å². The summed E-state index contributed by atoms with van der Waals surface area (Å²) in [6.45, 7) is 7.58. The van der Waals surface area contributed by atoms with E-state index in [0.29, 0.717) is 19.8 Å². The van der Waals surface area contributed by atoms with E-state index in [1.54, 1.807) is 13.1 Å². The van der Waals surface area contributed by atoms with Gasteiger partial charge in [-0.3, -0.25) is 4.79 Å². The number of carbonyl (C=O) groups is 1. The Morgan fingerprint density at radius 2 is 1.95 bits per heavy atom. The Balaban J connectivity index is 3.61. The summed E-state index contributed by atoms with van der Waals surface area (Å²) in [5, 5.41) is 2.50. The number of ether oxygens (including phenoxy) is 2. The van der Waals surface area contributed by atoms with Crippen molar-refractivity contribution in [1.29, 1.82) is 0 Å². The summed E-state index contributed by atoms with van der Waals surface area (Å²) in [5.41, 5.74) is 1.10. The van der Waals surface area contributed by atoms with Gasteiger partial charge in [-0.1, -0.05) is 37.8 Å². The Morgan fingerprint density at radius 1 is 1.26 bits per heavy atom. The predicted molar refractivity (Wildman–Crippen MR) is 78.0 cm³/mol. The van der Waals surface area contributed by atoms with Gasteiger partial charge in [0.1, 0.15) is 6.61 Å². The van der Waals surface area contributed by atoms with Crippen LogP contribution in [0.2, 0.25) is 0 Å². The lowest BCUT2D eigenvalue weighted by molar-refractivity contribution is -0.125. The van der Waals surface area contributed by atoms with Gasteiger partial charge in [-0.2, -0.15) is 0 Å². The second-order valence-corrected chi connectivity index (χ2v) is 3.92. The van der Waals surface area contributed by atoms with Gasteiger partial charge in [-0.05, 0) is 18.4 Å². The molecule has 0 aliphatic rings. The van der Waals surface area contributed by atoms with Gasteiger partial charge >= 0.3 is 0 Å². The molecule has 0 atom stereocenters. The topological polar surface area (TPSA) is 47.6 Å². The Hall–Kier alpha value is -1.39. The van der Waals surface area contributed by atoms with Crippen LogP contribution in [0.1, 0.15) is 19.8 Å². The number of likely N-dealkylation sites (N-methyl/N-ethyl adjacent to an activating group) is 1. The van der Waals surface area contributed by atoms with Crippen molar-refractivity contribution >= 4 is 5.91 Å². The van der Waals surface area contributed by atoms with Crippen molar-refractivity contribution < 1.29 is 14.3 Å². The fourth-order valence-corrected chi connectivity index (χ4v) is 1.26. The molecule has 0 saturated heterocycles. The number of hydrogen-bond acceptors (Lipinski definition) is 3. The minimum atomic E-state index is -0.109. The molecule has 0 rings (SSSR count). The highest BCUT2D eigenvalue weighted by molar-refractivity contribution is 5.76. The number of nitrogens with one attached hydrogen (secondary N) is 1. The van der Waals surface area contributed by atoms with Crippen LogP contribution >= 0.6 is 0 Å². The van der Waals surface area contributed by atoms with E-state index in [1.165, 1.54) is 0 Å². The molecule has 0 fully saturated rings. The summed E-state index contributed by atoms with van der Waals surface area (Å²) >= 11 is 0. The smallest absolute Gasteiger partial charge is 0.245 e. The minimum Gasteiger partial charge on any atom is -0.377 e. The zero-order chi connectivity index (χ0) is 14.3. The normalized spacial score (nSPS) is 11.8. The molecule has 1 amide bonds. The summed E-state index contributed by atoms with van der Waals surface area (Å²) in [6, 6.07) is 0. The average Bonchev–Trinajstić information content (AvgIpc) is 2.43. The first kappa shape index (κ1) is 17.6. The molecule has 0 unspecified atom stereocenters. The number of amides is 1. The lowest BCUT2D eigenvalue weighted by Gasteiger charge is -2.06. The number of hydrogen-bond donors (Lipinski definition) is 1. The first-order chi connectivity index (χ1) is 9.24. The second kappa shape index (κ2) is 13.1. The van der Waals surface area contributed by atoms with Crippen molar-refractivity contribution in [3.63, 3.8) is 0 Å². The van der Waals surface area contributed by atoms with Gasteiger partial charge in [0.2, 0.25) is 5.91 Å². The predicted octanol–water partition coefficient (Wildman–Crippen LogP) is 2.23. The largest absolute Gasteiger partial charge is 0.377 e. The van der Waals surface area contributed by atoms with Crippen LogP contribution in [0.3, 0.4) is 0 Å². The first-order valence-electron chi connectivity index (χ1n) is 6.58. The summed E-state index contributed by atoms with van der Waals surface area (Å²) in [5.74, 6) is -0.109. The van der Waals surface area contributed by atoms with E-state index in [2.05, 4.69) is 24.9 Å². The average molecular weight is 267 g/mol. The fraction of sp³-hybridized carbons (Fsp3) is 0.533. The first-order valence-corrected chi connectivity index (χ1v) is 6.58. The summed E-state index contributed by atoms with van der Waals surface area (Å²) < 4.78 is 10.7. The van der Waals surface area contributed by atoms with Gasteiger partial charge in [0.25, 0.3) is 0 Å². The van der Waals surface area contributed by atoms with E-state index in [4.69, 9.17) is 9.47 Å². The molecule has 0 heterocycles. The fourth-order valence-electron chi connectivity index (χ4n) is 1.26. The summed E-state index contributed by atoms with van der Waals surface area (Å²) in [7, 11) is 1.59. The second-order valence-electron chi connectivity index (χ2n) is 3.92. The Morgan fingerprint density at radius 3 is 2.53 bits per heavy atom. The van der Waals surface area contributed by atoms with E-state index in [0.717, 1.165) is 18.4 Å². The summed E-state index contributed by atoms with van der Waals surface area (Å²) in [4.78, 5) is 10.9.